The van der Waals surface area contributed by atoms with Crippen LogP contribution in [0.5, 0.6) is 5.75 Å². The maximum atomic E-state index is 10.9. The Labute approximate surface area is 152 Å². The highest BCUT2D eigenvalue weighted by molar-refractivity contribution is 5.51. The molecule has 0 aliphatic rings. The van der Waals surface area contributed by atoms with Crippen molar-refractivity contribution in [2.24, 2.45) is 0 Å². The van der Waals surface area contributed by atoms with Gasteiger partial charge < -0.3 is 9.94 Å². The minimum absolute atomic E-state index is 0.103. The van der Waals surface area contributed by atoms with Crippen molar-refractivity contribution in [3.05, 3.63) is 64.7 Å². The quantitative estimate of drug-likeness (QED) is 0.748. The molecular formula is C22H31NO2. The van der Waals surface area contributed by atoms with Crippen molar-refractivity contribution in [3.8, 4) is 5.75 Å². The number of rotatable bonds is 4. The van der Waals surface area contributed by atoms with E-state index in [0.717, 1.165) is 22.3 Å². The van der Waals surface area contributed by atoms with Gasteiger partial charge in [0.05, 0.1) is 13.2 Å². The van der Waals surface area contributed by atoms with Gasteiger partial charge in [-0.2, -0.15) is 5.48 Å². The molecule has 0 radical (unpaired) electrons. The van der Waals surface area contributed by atoms with Crippen molar-refractivity contribution in [2.75, 3.05) is 7.11 Å². The fourth-order valence-electron chi connectivity index (χ4n) is 3.06. The van der Waals surface area contributed by atoms with Crippen LogP contribution in [0.1, 0.15) is 69.8 Å². The summed E-state index contributed by atoms with van der Waals surface area (Å²) in [6.45, 7) is 12.7. The molecule has 0 aromatic heterocycles. The fraction of sp³-hybridized carbons (Fsp3) is 0.455. The third-order valence-corrected chi connectivity index (χ3v) is 4.45. The summed E-state index contributed by atoms with van der Waals surface area (Å²) >= 11 is 0. The molecule has 0 fully saturated rings. The average Bonchev–Trinajstić information content (AvgIpc) is 2.51. The van der Waals surface area contributed by atoms with Crippen LogP contribution < -0.4 is 5.48 Å². The molecule has 3 heteroatoms. The lowest BCUT2D eigenvalue weighted by molar-refractivity contribution is 0.0715. The molecule has 0 aliphatic carbocycles. The van der Waals surface area contributed by atoms with Crippen molar-refractivity contribution in [1.82, 2.24) is 5.48 Å². The van der Waals surface area contributed by atoms with Crippen LogP contribution in [0.25, 0.3) is 0 Å². The Kier molecular flexibility index (Phi) is 5.60. The van der Waals surface area contributed by atoms with Gasteiger partial charge in [0, 0.05) is 0 Å². The molecule has 2 rings (SSSR count). The van der Waals surface area contributed by atoms with Crippen molar-refractivity contribution in [3.63, 3.8) is 0 Å². The van der Waals surface area contributed by atoms with Crippen LogP contribution in [-0.2, 0) is 15.7 Å². The molecule has 0 saturated carbocycles. The zero-order valence-electron chi connectivity index (χ0n) is 16.5. The van der Waals surface area contributed by atoms with Gasteiger partial charge in [0.15, 0.2) is 0 Å². The number of benzene rings is 2. The third-order valence-electron chi connectivity index (χ3n) is 4.45. The summed E-state index contributed by atoms with van der Waals surface area (Å²) in [5.74, 6) is 0.396. The first-order valence-corrected chi connectivity index (χ1v) is 8.77. The van der Waals surface area contributed by atoms with E-state index in [1.165, 1.54) is 0 Å². The van der Waals surface area contributed by atoms with Crippen molar-refractivity contribution in [1.29, 1.82) is 0 Å². The predicted octanol–water partition coefficient (Wildman–Crippen LogP) is 5.23. The molecule has 136 valence electrons. The van der Waals surface area contributed by atoms with Gasteiger partial charge in [-0.1, -0.05) is 71.9 Å². The summed E-state index contributed by atoms with van der Waals surface area (Å²) in [4.78, 5) is 5.28. The summed E-state index contributed by atoms with van der Waals surface area (Å²) in [7, 11) is 1.63. The highest BCUT2D eigenvalue weighted by atomic mass is 16.6. The number of aromatic hydroxyl groups is 1. The first-order valence-electron chi connectivity index (χ1n) is 8.77. The second-order valence-electron chi connectivity index (χ2n) is 8.63. The standard InChI is InChI=1S/C22H31NO2/c1-21(2,3)17-13-16(14-18(20(17)24)22(4,5)6)19(23-25-7)15-11-9-8-10-12-15/h8-14,19,23-24H,1-7H3. The fourth-order valence-corrected chi connectivity index (χ4v) is 3.06. The summed E-state index contributed by atoms with van der Waals surface area (Å²) in [6.07, 6.45) is 0. The van der Waals surface area contributed by atoms with Gasteiger partial charge in [0.1, 0.15) is 5.75 Å². The van der Waals surface area contributed by atoms with Crippen molar-refractivity contribution >= 4 is 0 Å². The first kappa shape index (κ1) is 19.5. The van der Waals surface area contributed by atoms with Crippen LogP contribution in [0.2, 0.25) is 0 Å². The molecule has 0 amide bonds. The van der Waals surface area contributed by atoms with E-state index in [4.69, 9.17) is 4.84 Å². The van der Waals surface area contributed by atoms with E-state index < -0.39 is 0 Å². The highest BCUT2D eigenvalue weighted by Gasteiger charge is 2.28. The summed E-state index contributed by atoms with van der Waals surface area (Å²) in [5.41, 5.74) is 6.90. The number of nitrogens with one attached hydrogen (secondary N) is 1. The van der Waals surface area contributed by atoms with Crippen LogP contribution in [0, 0.1) is 0 Å². The average molecular weight is 341 g/mol. The van der Waals surface area contributed by atoms with Gasteiger partial charge in [0.25, 0.3) is 0 Å². The van der Waals surface area contributed by atoms with E-state index in [9.17, 15) is 5.11 Å². The van der Waals surface area contributed by atoms with Gasteiger partial charge in [-0.3, -0.25) is 0 Å². The lowest BCUT2D eigenvalue weighted by Gasteiger charge is -2.30. The Morgan fingerprint density at radius 3 is 1.72 bits per heavy atom. The summed E-state index contributed by atoms with van der Waals surface area (Å²) in [5, 5.41) is 10.9. The van der Waals surface area contributed by atoms with Crippen LogP contribution in [0.4, 0.5) is 0 Å². The molecule has 1 unspecified atom stereocenters. The number of phenolic OH excluding ortho intramolecular Hbond substituents is 1. The van der Waals surface area contributed by atoms with E-state index in [1.807, 2.05) is 18.2 Å². The lowest BCUT2D eigenvalue weighted by atomic mass is 9.77. The number of hydrogen-bond donors (Lipinski definition) is 2. The van der Waals surface area contributed by atoms with E-state index in [0.29, 0.717) is 5.75 Å². The first-order chi connectivity index (χ1) is 11.6. The van der Waals surface area contributed by atoms with Gasteiger partial charge in [-0.25, -0.2) is 0 Å². The zero-order chi connectivity index (χ0) is 18.8. The maximum Gasteiger partial charge on any atom is 0.123 e. The molecule has 25 heavy (non-hydrogen) atoms. The molecule has 2 N–H and O–H groups in total. The van der Waals surface area contributed by atoms with E-state index in [2.05, 4.69) is 71.3 Å². The Balaban J connectivity index is 2.70. The summed E-state index contributed by atoms with van der Waals surface area (Å²) < 4.78 is 0. The smallest absolute Gasteiger partial charge is 0.123 e. The molecule has 3 nitrogen and oxygen atoms in total. The van der Waals surface area contributed by atoms with Crippen LogP contribution in [-0.4, -0.2) is 12.2 Å². The number of hydrogen-bond acceptors (Lipinski definition) is 3. The van der Waals surface area contributed by atoms with Gasteiger partial charge >= 0.3 is 0 Å². The van der Waals surface area contributed by atoms with Gasteiger partial charge in [-0.05, 0) is 45.2 Å². The Morgan fingerprint density at radius 2 is 1.32 bits per heavy atom. The number of hydroxylamine groups is 1. The van der Waals surface area contributed by atoms with Crippen LogP contribution in [0.3, 0.4) is 0 Å². The predicted molar refractivity (Wildman–Crippen MR) is 104 cm³/mol. The maximum absolute atomic E-state index is 10.9. The van der Waals surface area contributed by atoms with Gasteiger partial charge in [0.2, 0.25) is 0 Å². The van der Waals surface area contributed by atoms with Crippen molar-refractivity contribution < 1.29 is 9.94 Å². The second-order valence-corrected chi connectivity index (χ2v) is 8.63. The molecule has 0 bridgehead atoms. The van der Waals surface area contributed by atoms with E-state index in [1.54, 1.807) is 7.11 Å². The molecule has 0 saturated heterocycles. The molecule has 1 atom stereocenters. The number of phenols is 1. The topological polar surface area (TPSA) is 41.5 Å². The second kappa shape index (κ2) is 7.19. The lowest BCUT2D eigenvalue weighted by Crippen LogP contribution is -2.24. The molecule has 0 spiro atoms. The molecule has 0 aliphatic heterocycles. The van der Waals surface area contributed by atoms with Crippen LogP contribution >= 0.6 is 0 Å². The molecule has 2 aromatic carbocycles. The molecular weight excluding hydrogens is 310 g/mol. The molecule has 2 aromatic rings. The zero-order valence-corrected chi connectivity index (χ0v) is 16.5. The van der Waals surface area contributed by atoms with Crippen LogP contribution in [0.15, 0.2) is 42.5 Å². The monoisotopic (exact) mass is 341 g/mol. The minimum atomic E-state index is -0.158. The van der Waals surface area contributed by atoms with E-state index in [-0.39, 0.29) is 16.9 Å². The Morgan fingerprint density at radius 1 is 0.840 bits per heavy atom. The van der Waals surface area contributed by atoms with Gasteiger partial charge in [-0.15, -0.1) is 0 Å². The minimum Gasteiger partial charge on any atom is -0.507 e. The highest BCUT2D eigenvalue weighted by Crippen LogP contribution is 2.41. The third kappa shape index (κ3) is 4.42. The normalized spacial score (nSPS) is 13.7. The Hall–Kier alpha value is -1.84. The summed E-state index contributed by atoms with van der Waals surface area (Å²) in [6, 6.07) is 14.3. The molecule has 0 heterocycles. The SMILES string of the molecule is CONC(c1ccccc1)c1cc(C(C)(C)C)c(O)c(C(C)(C)C)c1. The largest absolute Gasteiger partial charge is 0.507 e. The van der Waals surface area contributed by atoms with Crippen molar-refractivity contribution in [2.45, 2.75) is 58.4 Å². The Bertz CT molecular complexity index is 674. The van der Waals surface area contributed by atoms with E-state index >= 15 is 0 Å².